The molecule has 3 aromatic carbocycles. The van der Waals surface area contributed by atoms with Crippen LogP contribution in [-0.4, -0.2) is 54.5 Å². The maximum atomic E-state index is 13.6. The molecule has 1 amide bonds. The highest BCUT2D eigenvalue weighted by molar-refractivity contribution is 7.99. The van der Waals surface area contributed by atoms with Gasteiger partial charge in [-0.25, -0.2) is 4.39 Å². The third kappa shape index (κ3) is 7.76. The second-order valence-electron chi connectivity index (χ2n) is 10.3. The first kappa shape index (κ1) is 30.6. The molecule has 1 fully saturated rings. The lowest BCUT2D eigenvalue weighted by Crippen LogP contribution is -2.59. The maximum absolute atomic E-state index is 13.6. The van der Waals surface area contributed by atoms with Crippen LogP contribution >= 0.6 is 23.4 Å². The van der Waals surface area contributed by atoms with Crippen molar-refractivity contribution >= 4 is 35.0 Å². The molecule has 2 atom stereocenters. The second kappa shape index (κ2) is 14.1. The SMILES string of the molecule is COc1ccc(-n2nc(Sc3ccc(Cl)cc3)cc(CC[C@@H](C)NC(=O)[C@H]3CNCCN3c3ccc(F)cc3)c2=O)cc1. The Labute approximate surface area is 259 Å². The summed E-state index contributed by atoms with van der Waals surface area (Å²) < 4.78 is 20.2. The standard InChI is InChI=1S/C32H33ClFN5O3S/c1-21(36-31(40)29-20-35-17-18-38(29)25-9-7-24(34)8-10-25)3-4-22-19-30(43-28-15-5-23(33)6-16-28)37-39(32(22)41)26-11-13-27(42-2)14-12-26/h5-16,19,21,29,35H,3-4,17-18,20H2,1-2H3,(H,36,40)/t21-,29-/m1/s1. The third-order valence-electron chi connectivity index (χ3n) is 7.26. The van der Waals surface area contributed by atoms with E-state index in [1.807, 2.05) is 42.2 Å². The van der Waals surface area contributed by atoms with E-state index in [-0.39, 0.29) is 23.3 Å². The Morgan fingerprint density at radius 2 is 1.81 bits per heavy atom. The molecule has 1 aromatic heterocycles. The quantitative estimate of drug-likeness (QED) is 0.255. The number of halogens is 2. The molecule has 0 bridgehead atoms. The van der Waals surface area contributed by atoms with Crippen LogP contribution in [0.25, 0.3) is 5.69 Å². The number of benzene rings is 3. The lowest BCUT2D eigenvalue weighted by atomic mass is 10.1. The fraction of sp³-hybridized carbons (Fsp3) is 0.281. The first-order valence-electron chi connectivity index (χ1n) is 14.0. The number of carbonyl (C=O) groups excluding carboxylic acids is 1. The minimum absolute atomic E-state index is 0.117. The maximum Gasteiger partial charge on any atom is 0.274 e. The number of hydrogen-bond acceptors (Lipinski definition) is 7. The highest BCUT2D eigenvalue weighted by Gasteiger charge is 2.29. The van der Waals surface area contributed by atoms with E-state index in [1.165, 1.54) is 28.6 Å². The van der Waals surface area contributed by atoms with Gasteiger partial charge < -0.3 is 20.3 Å². The monoisotopic (exact) mass is 621 g/mol. The number of nitrogens with zero attached hydrogens (tertiary/aromatic N) is 3. The molecule has 11 heteroatoms. The Hall–Kier alpha value is -3.86. The number of carbonyl (C=O) groups is 1. The predicted molar refractivity (Wildman–Crippen MR) is 168 cm³/mol. The van der Waals surface area contributed by atoms with Crippen LogP contribution < -0.4 is 25.8 Å². The van der Waals surface area contributed by atoms with E-state index in [1.54, 1.807) is 43.5 Å². The molecule has 0 radical (unpaired) electrons. The highest BCUT2D eigenvalue weighted by Crippen LogP contribution is 2.28. The molecule has 0 unspecified atom stereocenters. The molecule has 2 N–H and O–H groups in total. The molecule has 8 nitrogen and oxygen atoms in total. The van der Waals surface area contributed by atoms with Crippen LogP contribution in [0.5, 0.6) is 5.75 Å². The second-order valence-corrected chi connectivity index (χ2v) is 11.8. The van der Waals surface area contributed by atoms with E-state index in [0.29, 0.717) is 53.0 Å². The third-order valence-corrected chi connectivity index (χ3v) is 8.42. The van der Waals surface area contributed by atoms with Gasteiger partial charge in [-0.05, 0) is 98.6 Å². The van der Waals surface area contributed by atoms with Gasteiger partial charge in [0.05, 0.1) is 12.8 Å². The van der Waals surface area contributed by atoms with Gasteiger partial charge in [-0.2, -0.15) is 9.78 Å². The number of nitrogens with one attached hydrogen (secondary N) is 2. The Morgan fingerprint density at radius 3 is 2.51 bits per heavy atom. The number of amides is 1. The van der Waals surface area contributed by atoms with Crippen molar-refractivity contribution in [3.05, 3.63) is 106 Å². The fourth-order valence-corrected chi connectivity index (χ4v) is 5.90. The van der Waals surface area contributed by atoms with E-state index in [0.717, 1.165) is 17.1 Å². The van der Waals surface area contributed by atoms with Crippen molar-refractivity contribution in [3.8, 4) is 11.4 Å². The molecule has 1 aliphatic rings. The largest absolute Gasteiger partial charge is 0.497 e. The van der Waals surface area contributed by atoms with Gasteiger partial charge >= 0.3 is 0 Å². The Morgan fingerprint density at radius 1 is 1.12 bits per heavy atom. The molecule has 224 valence electrons. The number of anilines is 1. The highest BCUT2D eigenvalue weighted by atomic mass is 35.5. The summed E-state index contributed by atoms with van der Waals surface area (Å²) in [6, 6.07) is 22.0. The van der Waals surface area contributed by atoms with E-state index in [9.17, 15) is 14.0 Å². The van der Waals surface area contributed by atoms with Crippen LogP contribution in [0.3, 0.4) is 0 Å². The summed E-state index contributed by atoms with van der Waals surface area (Å²) in [5.74, 6) is 0.248. The van der Waals surface area contributed by atoms with Gasteiger partial charge in [-0.1, -0.05) is 23.4 Å². The Kier molecular flexibility index (Phi) is 10.0. The van der Waals surface area contributed by atoms with Crippen molar-refractivity contribution in [2.45, 2.75) is 41.8 Å². The summed E-state index contributed by atoms with van der Waals surface area (Å²) in [5, 5.41) is 12.3. The number of aromatic nitrogens is 2. The molecule has 0 aliphatic carbocycles. The summed E-state index contributed by atoms with van der Waals surface area (Å²) in [6.45, 7) is 3.78. The topological polar surface area (TPSA) is 88.5 Å². The minimum Gasteiger partial charge on any atom is -0.497 e. The summed E-state index contributed by atoms with van der Waals surface area (Å²) in [6.07, 6.45) is 0.993. The molecular formula is C32H33ClFN5O3S. The molecule has 43 heavy (non-hydrogen) atoms. The number of hydrogen-bond donors (Lipinski definition) is 2. The van der Waals surface area contributed by atoms with Crippen LogP contribution in [0.2, 0.25) is 5.02 Å². The van der Waals surface area contributed by atoms with Crippen molar-refractivity contribution in [2.75, 3.05) is 31.6 Å². The summed E-state index contributed by atoms with van der Waals surface area (Å²) in [4.78, 5) is 29.9. The average molecular weight is 622 g/mol. The van der Waals surface area contributed by atoms with Crippen LogP contribution in [-0.2, 0) is 11.2 Å². The van der Waals surface area contributed by atoms with Gasteiger partial charge in [0, 0.05) is 46.8 Å². The molecule has 4 aromatic rings. The van der Waals surface area contributed by atoms with E-state index in [4.69, 9.17) is 16.3 Å². The van der Waals surface area contributed by atoms with Gasteiger partial charge in [0.25, 0.3) is 5.56 Å². The van der Waals surface area contributed by atoms with Crippen LogP contribution in [0, 0.1) is 5.82 Å². The zero-order valence-electron chi connectivity index (χ0n) is 23.9. The first-order valence-corrected chi connectivity index (χ1v) is 15.2. The minimum atomic E-state index is -0.433. The zero-order chi connectivity index (χ0) is 30.3. The normalized spacial score (nSPS) is 15.6. The number of piperazine rings is 1. The van der Waals surface area contributed by atoms with Gasteiger partial charge in [0.2, 0.25) is 5.91 Å². The molecule has 5 rings (SSSR count). The number of aryl methyl sites for hydroxylation is 1. The average Bonchev–Trinajstić information content (AvgIpc) is 3.02. The summed E-state index contributed by atoms with van der Waals surface area (Å²) >= 11 is 7.50. The Bertz CT molecular complexity index is 1600. The van der Waals surface area contributed by atoms with Crippen molar-refractivity contribution in [3.63, 3.8) is 0 Å². The number of ether oxygens (including phenoxy) is 1. The van der Waals surface area contributed by atoms with E-state index in [2.05, 4.69) is 15.7 Å². The molecular weight excluding hydrogens is 589 g/mol. The van der Waals surface area contributed by atoms with E-state index >= 15 is 0 Å². The fourth-order valence-electron chi connectivity index (χ4n) is 4.93. The van der Waals surface area contributed by atoms with Crippen LogP contribution in [0.4, 0.5) is 10.1 Å². The first-order chi connectivity index (χ1) is 20.8. The number of methoxy groups -OCH3 is 1. The van der Waals surface area contributed by atoms with Crippen LogP contribution in [0.15, 0.2) is 93.6 Å². The molecule has 0 spiro atoms. The molecule has 2 heterocycles. The smallest absolute Gasteiger partial charge is 0.274 e. The lowest BCUT2D eigenvalue weighted by molar-refractivity contribution is -0.123. The lowest BCUT2D eigenvalue weighted by Gasteiger charge is -2.37. The molecule has 1 saturated heterocycles. The Balaban J connectivity index is 1.32. The summed E-state index contributed by atoms with van der Waals surface area (Å²) in [7, 11) is 1.59. The van der Waals surface area contributed by atoms with E-state index < -0.39 is 6.04 Å². The predicted octanol–water partition coefficient (Wildman–Crippen LogP) is 5.10. The van der Waals surface area contributed by atoms with Gasteiger partial charge in [-0.15, -0.1) is 0 Å². The number of rotatable bonds is 10. The molecule has 1 aliphatic heterocycles. The van der Waals surface area contributed by atoms with Crippen molar-refractivity contribution in [1.82, 2.24) is 20.4 Å². The van der Waals surface area contributed by atoms with Crippen molar-refractivity contribution < 1.29 is 13.9 Å². The van der Waals surface area contributed by atoms with Gasteiger partial charge in [0.15, 0.2) is 0 Å². The van der Waals surface area contributed by atoms with Crippen molar-refractivity contribution in [1.29, 1.82) is 0 Å². The van der Waals surface area contributed by atoms with Gasteiger partial charge in [-0.3, -0.25) is 9.59 Å². The van der Waals surface area contributed by atoms with Gasteiger partial charge in [0.1, 0.15) is 22.6 Å². The van der Waals surface area contributed by atoms with Crippen molar-refractivity contribution in [2.24, 2.45) is 0 Å². The summed E-state index contributed by atoms with van der Waals surface area (Å²) in [5.41, 5.74) is 1.80. The molecule has 0 saturated carbocycles. The van der Waals surface area contributed by atoms with Crippen LogP contribution in [0.1, 0.15) is 18.9 Å². The zero-order valence-corrected chi connectivity index (χ0v) is 25.5.